The number of ether oxygens (including phenoxy) is 1. The van der Waals surface area contributed by atoms with Gasteiger partial charge in [0.2, 0.25) is 0 Å². The molecule has 0 aliphatic rings. The Kier molecular flexibility index (Phi) is 5.05. The highest BCUT2D eigenvalue weighted by Gasteiger charge is 2.30. The van der Waals surface area contributed by atoms with E-state index in [2.05, 4.69) is 17.2 Å². The van der Waals surface area contributed by atoms with Gasteiger partial charge in [-0.05, 0) is 24.6 Å². The zero-order valence-electron chi connectivity index (χ0n) is 11.8. The van der Waals surface area contributed by atoms with Crippen LogP contribution in [0.25, 0.3) is 10.2 Å². The largest absolute Gasteiger partial charge is 0.416 e. The standard InChI is InChI=1S/C14H17F3N2OS/c1-3-4-10(8-20-2)18-13-19-11-7-9(14(15,16)17)5-6-12(11)21-13/h5-7,10H,3-4,8H2,1-2H3,(H,18,19). The summed E-state index contributed by atoms with van der Waals surface area (Å²) in [6.07, 6.45) is -2.44. The summed E-state index contributed by atoms with van der Waals surface area (Å²) in [5.41, 5.74) is -0.307. The number of aromatic nitrogens is 1. The van der Waals surface area contributed by atoms with E-state index in [9.17, 15) is 13.2 Å². The molecule has 0 spiro atoms. The van der Waals surface area contributed by atoms with Gasteiger partial charge in [-0.25, -0.2) is 4.98 Å². The fourth-order valence-electron chi connectivity index (χ4n) is 2.09. The molecule has 0 radical (unpaired) electrons. The minimum atomic E-state index is -4.34. The van der Waals surface area contributed by atoms with Gasteiger partial charge in [-0.3, -0.25) is 0 Å². The van der Waals surface area contributed by atoms with Crippen LogP contribution in [0.15, 0.2) is 18.2 Å². The quantitative estimate of drug-likeness (QED) is 0.849. The number of nitrogens with zero attached hydrogens (tertiary/aromatic N) is 1. The van der Waals surface area contributed by atoms with E-state index in [1.807, 2.05) is 0 Å². The summed E-state index contributed by atoms with van der Waals surface area (Å²) >= 11 is 1.35. The van der Waals surface area contributed by atoms with Crippen molar-refractivity contribution in [3.05, 3.63) is 23.8 Å². The van der Waals surface area contributed by atoms with Crippen molar-refractivity contribution in [2.75, 3.05) is 19.0 Å². The maximum Gasteiger partial charge on any atom is 0.416 e. The number of nitrogens with one attached hydrogen (secondary N) is 1. The summed E-state index contributed by atoms with van der Waals surface area (Å²) < 4.78 is 43.9. The fourth-order valence-corrected chi connectivity index (χ4v) is 3.01. The van der Waals surface area contributed by atoms with E-state index in [-0.39, 0.29) is 6.04 Å². The first-order valence-electron chi connectivity index (χ1n) is 6.67. The molecule has 116 valence electrons. The minimum Gasteiger partial charge on any atom is -0.383 e. The smallest absolute Gasteiger partial charge is 0.383 e. The first-order chi connectivity index (χ1) is 9.94. The third kappa shape index (κ3) is 4.07. The molecule has 1 unspecified atom stereocenters. The van der Waals surface area contributed by atoms with Crippen molar-refractivity contribution in [1.82, 2.24) is 4.98 Å². The Morgan fingerprint density at radius 1 is 1.38 bits per heavy atom. The van der Waals surface area contributed by atoms with Crippen molar-refractivity contribution in [1.29, 1.82) is 0 Å². The fraction of sp³-hybridized carbons (Fsp3) is 0.500. The zero-order valence-corrected chi connectivity index (χ0v) is 12.6. The molecule has 1 N–H and O–H groups in total. The maximum absolute atomic E-state index is 12.7. The molecule has 2 rings (SSSR count). The van der Waals surface area contributed by atoms with E-state index < -0.39 is 11.7 Å². The van der Waals surface area contributed by atoms with Crippen molar-refractivity contribution in [2.24, 2.45) is 0 Å². The molecule has 7 heteroatoms. The van der Waals surface area contributed by atoms with Crippen molar-refractivity contribution in [2.45, 2.75) is 32.0 Å². The lowest BCUT2D eigenvalue weighted by atomic mass is 10.2. The number of anilines is 1. The Hall–Kier alpha value is -1.34. The number of alkyl halides is 3. The molecule has 3 nitrogen and oxygen atoms in total. The van der Waals surface area contributed by atoms with Crippen molar-refractivity contribution in [3.8, 4) is 0 Å². The van der Waals surface area contributed by atoms with Gasteiger partial charge in [-0.1, -0.05) is 24.7 Å². The van der Waals surface area contributed by atoms with Crippen molar-refractivity contribution < 1.29 is 17.9 Å². The maximum atomic E-state index is 12.7. The number of benzene rings is 1. The average molecular weight is 318 g/mol. The monoisotopic (exact) mass is 318 g/mol. The first-order valence-corrected chi connectivity index (χ1v) is 7.49. The van der Waals surface area contributed by atoms with E-state index in [1.54, 1.807) is 7.11 Å². The van der Waals surface area contributed by atoms with Crippen LogP contribution in [0.3, 0.4) is 0 Å². The molecule has 1 aromatic heterocycles. The number of hydrogen-bond acceptors (Lipinski definition) is 4. The van der Waals surface area contributed by atoms with E-state index in [4.69, 9.17) is 4.74 Å². The Morgan fingerprint density at radius 2 is 2.14 bits per heavy atom. The molecular weight excluding hydrogens is 301 g/mol. The van der Waals surface area contributed by atoms with Crippen molar-refractivity contribution >= 4 is 26.7 Å². The molecule has 0 aliphatic carbocycles. The molecule has 0 saturated heterocycles. The number of hydrogen-bond donors (Lipinski definition) is 1. The van der Waals surface area contributed by atoms with Gasteiger partial charge in [0.05, 0.1) is 28.4 Å². The van der Waals surface area contributed by atoms with Crippen molar-refractivity contribution in [3.63, 3.8) is 0 Å². The molecule has 1 atom stereocenters. The molecule has 0 saturated carbocycles. The third-order valence-corrected chi connectivity index (χ3v) is 4.02. The number of thiazole rings is 1. The summed E-state index contributed by atoms with van der Waals surface area (Å²) in [6, 6.07) is 3.75. The normalized spacial score (nSPS) is 13.6. The summed E-state index contributed by atoms with van der Waals surface area (Å²) in [6.45, 7) is 2.61. The summed E-state index contributed by atoms with van der Waals surface area (Å²) in [5, 5.41) is 3.85. The molecule has 0 aliphatic heterocycles. The van der Waals surface area contributed by atoms with Crippen LogP contribution in [-0.4, -0.2) is 24.7 Å². The van der Waals surface area contributed by atoms with Gasteiger partial charge in [-0.2, -0.15) is 13.2 Å². The number of fused-ring (bicyclic) bond motifs is 1. The number of methoxy groups -OCH3 is 1. The lowest BCUT2D eigenvalue weighted by Gasteiger charge is -2.15. The number of halogens is 3. The predicted octanol–water partition coefficient (Wildman–Crippen LogP) is 4.54. The third-order valence-electron chi connectivity index (χ3n) is 3.05. The minimum absolute atomic E-state index is 0.114. The van der Waals surface area contributed by atoms with Gasteiger partial charge < -0.3 is 10.1 Å². The molecular formula is C14H17F3N2OS. The van der Waals surface area contributed by atoms with Crippen LogP contribution in [0.4, 0.5) is 18.3 Å². The van der Waals surface area contributed by atoms with Gasteiger partial charge in [0.15, 0.2) is 5.13 Å². The predicted molar refractivity (Wildman–Crippen MR) is 78.8 cm³/mol. The van der Waals surface area contributed by atoms with Gasteiger partial charge in [0, 0.05) is 7.11 Å². The Labute approximate surface area is 125 Å². The van der Waals surface area contributed by atoms with Crippen LogP contribution < -0.4 is 5.32 Å². The van der Waals surface area contributed by atoms with E-state index in [1.165, 1.54) is 17.4 Å². The summed E-state index contributed by atoms with van der Waals surface area (Å²) in [4.78, 5) is 4.24. The highest BCUT2D eigenvalue weighted by Crippen LogP contribution is 2.34. The van der Waals surface area contributed by atoms with Crippen LogP contribution in [0.1, 0.15) is 25.3 Å². The van der Waals surface area contributed by atoms with Crippen LogP contribution >= 0.6 is 11.3 Å². The highest BCUT2D eigenvalue weighted by atomic mass is 32.1. The van der Waals surface area contributed by atoms with Crippen LogP contribution in [0.5, 0.6) is 0 Å². The van der Waals surface area contributed by atoms with Gasteiger partial charge >= 0.3 is 6.18 Å². The molecule has 0 bridgehead atoms. The second-order valence-electron chi connectivity index (χ2n) is 4.78. The van der Waals surface area contributed by atoms with E-state index in [0.29, 0.717) is 17.3 Å². The first kappa shape index (κ1) is 16.0. The van der Waals surface area contributed by atoms with Gasteiger partial charge in [0.25, 0.3) is 0 Å². The van der Waals surface area contributed by atoms with E-state index in [0.717, 1.165) is 29.7 Å². The SMILES string of the molecule is CCCC(COC)Nc1nc2cc(C(F)(F)F)ccc2s1. The lowest BCUT2D eigenvalue weighted by Crippen LogP contribution is -2.24. The number of rotatable bonds is 6. The summed E-state index contributed by atoms with van der Waals surface area (Å²) in [7, 11) is 1.62. The Morgan fingerprint density at radius 3 is 2.76 bits per heavy atom. The van der Waals surface area contributed by atoms with Gasteiger partial charge in [0.1, 0.15) is 0 Å². The second kappa shape index (κ2) is 6.62. The molecule has 0 amide bonds. The molecule has 21 heavy (non-hydrogen) atoms. The van der Waals surface area contributed by atoms with Gasteiger partial charge in [-0.15, -0.1) is 0 Å². The highest BCUT2D eigenvalue weighted by molar-refractivity contribution is 7.22. The van der Waals surface area contributed by atoms with E-state index >= 15 is 0 Å². The molecule has 2 aromatic rings. The Balaban J connectivity index is 2.22. The molecule has 1 heterocycles. The van der Waals surface area contributed by atoms with Crippen LogP contribution in [0.2, 0.25) is 0 Å². The van der Waals surface area contributed by atoms with Crippen LogP contribution in [0, 0.1) is 0 Å². The molecule has 0 fully saturated rings. The van der Waals surface area contributed by atoms with Crippen LogP contribution in [-0.2, 0) is 10.9 Å². The summed E-state index contributed by atoms with van der Waals surface area (Å²) in [5.74, 6) is 0. The average Bonchev–Trinajstić information content (AvgIpc) is 2.79. The Bertz CT molecular complexity index is 591. The topological polar surface area (TPSA) is 34.1 Å². The molecule has 1 aromatic carbocycles. The lowest BCUT2D eigenvalue weighted by molar-refractivity contribution is -0.137. The second-order valence-corrected chi connectivity index (χ2v) is 5.82. The zero-order chi connectivity index (χ0) is 15.5.